The molecule has 3 rings (SSSR count). The zero-order valence-electron chi connectivity index (χ0n) is 13.8. The fraction of sp³-hybridized carbons (Fsp3) is 0.467. The predicted molar refractivity (Wildman–Crippen MR) is 106 cm³/mol. The number of piperazine rings is 1. The minimum absolute atomic E-state index is 0. The van der Waals surface area contributed by atoms with Crippen LogP contribution in [0.15, 0.2) is 22.1 Å². The van der Waals surface area contributed by atoms with Crippen LogP contribution < -0.4 is 5.73 Å². The van der Waals surface area contributed by atoms with Gasteiger partial charge in [0.05, 0.1) is 22.8 Å². The first kappa shape index (κ1) is 24.2. The van der Waals surface area contributed by atoms with Gasteiger partial charge in [-0.15, -0.1) is 48.6 Å². The van der Waals surface area contributed by atoms with Crippen molar-refractivity contribution in [1.82, 2.24) is 14.8 Å². The van der Waals surface area contributed by atoms with Gasteiger partial charge in [-0.2, -0.15) is 0 Å². The lowest BCUT2D eigenvalue weighted by atomic mass is 10.2. The molecular formula is C15H23Cl3N4O2S. The van der Waals surface area contributed by atoms with Crippen molar-refractivity contribution < 1.29 is 9.21 Å². The summed E-state index contributed by atoms with van der Waals surface area (Å²) in [5, 5.41) is 3.20. The van der Waals surface area contributed by atoms with E-state index in [1.54, 1.807) is 17.4 Å². The molecule has 1 aliphatic heterocycles. The summed E-state index contributed by atoms with van der Waals surface area (Å²) in [7, 11) is 0. The molecule has 0 bridgehead atoms. The van der Waals surface area contributed by atoms with Crippen molar-refractivity contribution in [3.8, 4) is 0 Å². The Morgan fingerprint density at radius 2 is 1.96 bits per heavy atom. The molecule has 0 atom stereocenters. The number of nitrogens with zero attached hydrogens (tertiary/aromatic N) is 3. The van der Waals surface area contributed by atoms with E-state index in [-0.39, 0.29) is 43.1 Å². The molecule has 1 saturated heterocycles. The van der Waals surface area contributed by atoms with Crippen LogP contribution in [0.3, 0.4) is 0 Å². The quantitative estimate of drug-likeness (QED) is 0.809. The summed E-state index contributed by atoms with van der Waals surface area (Å²) >= 11 is 1.68. The number of nitrogens with two attached hydrogens (primary N) is 1. The average Bonchev–Trinajstić information content (AvgIpc) is 3.16. The van der Waals surface area contributed by atoms with Gasteiger partial charge in [0.2, 0.25) is 0 Å². The highest BCUT2D eigenvalue weighted by atomic mass is 35.5. The smallest absolute Gasteiger partial charge is 0.257 e. The van der Waals surface area contributed by atoms with Crippen molar-refractivity contribution in [2.24, 2.45) is 5.73 Å². The van der Waals surface area contributed by atoms with Crippen molar-refractivity contribution >= 4 is 54.5 Å². The van der Waals surface area contributed by atoms with Gasteiger partial charge in [-0.1, -0.05) is 0 Å². The van der Waals surface area contributed by atoms with Gasteiger partial charge >= 0.3 is 0 Å². The Morgan fingerprint density at radius 3 is 2.48 bits per heavy atom. The number of hydrogen-bond donors (Lipinski definition) is 1. The standard InChI is InChI=1S/C15H20N4O2S.3ClH/c1-11-17-13(10-22-11)8-18-2-4-19(5-3-18)15(20)12-6-14(7-16)21-9-12;;;/h6,9-10H,2-5,7-8,16H2,1H3;3*1H. The van der Waals surface area contributed by atoms with Crippen LogP contribution in [-0.4, -0.2) is 46.9 Å². The van der Waals surface area contributed by atoms with Crippen molar-refractivity contribution in [1.29, 1.82) is 0 Å². The van der Waals surface area contributed by atoms with E-state index in [4.69, 9.17) is 10.2 Å². The molecule has 2 aromatic rings. The molecule has 10 heteroatoms. The molecule has 25 heavy (non-hydrogen) atoms. The lowest BCUT2D eigenvalue weighted by Crippen LogP contribution is -2.48. The summed E-state index contributed by atoms with van der Waals surface area (Å²) in [6, 6.07) is 1.73. The second-order valence-corrected chi connectivity index (χ2v) is 6.49. The summed E-state index contributed by atoms with van der Waals surface area (Å²) in [4.78, 5) is 21.1. The van der Waals surface area contributed by atoms with E-state index in [0.717, 1.165) is 43.4 Å². The second kappa shape index (κ2) is 11.0. The first-order valence-corrected chi connectivity index (χ1v) is 8.24. The normalized spacial score (nSPS) is 14.2. The third kappa shape index (κ3) is 6.13. The van der Waals surface area contributed by atoms with Crippen LogP contribution in [0.1, 0.15) is 26.8 Å². The van der Waals surface area contributed by atoms with Gasteiger partial charge in [0.1, 0.15) is 12.0 Å². The first-order valence-electron chi connectivity index (χ1n) is 7.36. The average molecular weight is 430 g/mol. The van der Waals surface area contributed by atoms with Crippen molar-refractivity contribution in [2.45, 2.75) is 20.0 Å². The number of rotatable bonds is 4. The van der Waals surface area contributed by atoms with Gasteiger partial charge in [-0.05, 0) is 13.0 Å². The predicted octanol–water partition coefficient (Wildman–Crippen LogP) is 2.73. The van der Waals surface area contributed by atoms with Gasteiger partial charge < -0.3 is 15.1 Å². The summed E-state index contributed by atoms with van der Waals surface area (Å²) in [6.07, 6.45) is 1.49. The molecule has 0 spiro atoms. The number of carbonyl (C=O) groups is 1. The van der Waals surface area contributed by atoms with E-state index in [0.29, 0.717) is 17.9 Å². The van der Waals surface area contributed by atoms with Gasteiger partial charge in [0.15, 0.2) is 0 Å². The number of aromatic nitrogens is 1. The fourth-order valence-corrected chi connectivity index (χ4v) is 3.21. The fourth-order valence-electron chi connectivity index (χ4n) is 2.60. The molecule has 2 N–H and O–H groups in total. The highest BCUT2D eigenvalue weighted by Crippen LogP contribution is 2.15. The number of halogens is 3. The third-order valence-corrected chi connectivity index (χ3v) is 4.64. The highest BCUT2D eigenvalue weighted by Gasteiger charge is 2.23. The van der Waals surface area contributed by atoms with Crippen LogP contribution in [0.5, 0.6) is 0 Å². The Hall–Kier alpha value is -0.830. The number of furan rings is 1. The van der Waals surface area contributed by atoms with Gasteiger partial charge in [-0.25, -0.2) is 4.98 Å². The number of hydrogen-bond acceptors (Lipinski definition) is 6. The summed E-state index contributed by atoms with van der Waals surface area (Å²) < 4.78 is 5.24. The number of carbonyl (C=O) groups excluding carboxylic acids is 1. The monoisotopic (exact) mass is 428 g/mol. The van der Waals surface area contributed by atoms with Crippen LogP contribution in [0.25, 0.3) is 0 Å². The molecule has 3 heterocycles. The molecule has 0 aromatic carbocycles. The Morgan fingerprint density at radius 1 is 1.28 bits per heavy atom. The largest absolute Gasteiger partial charge is 0.467 e. The Balaban J connectivity index is 0.00000192. The molecule has 0 aliphatic carbocycles. The van der Waals surface area contributed by atoms with Gasteiger partial charge in [-0.3, -0.25) is 9.69 Å². The Bertz CT molecular complexity index is 657. The molecule has 0 saturated carbocycles. The zero-order chi connectivity index (χ0) is 15.5. The minimum atomic E-state index is 0. The third-order valence-electron chi connectivity index (χ3n) is 3.81. The molecule has 0 radical (unpaired) electrons. The number of thiazole rings is 1. The summed E-state index contributed by atoms with van der Waals surface area (Å²) in [5.41, 5.74) is 7.21. The van der Waals surface area contributed by atoms with Crippen LogP contribution in [0.4, 0.5) is 0 Å². The lowest BCUT2D eigenvalue weighted by Gasteiger charge is -2.34. The number of aryl methyl sites for hydroxylation is 1. The van der Waals surface area contributed by atoms with E-state index < -0.39 is 0 Å². The van der Waals surface area contributed by atoms with Crippen LogP contribution >= 0.6 is 48.6 Å². The van der Waals surface area contributed by atoms with Crippen molar-refractivity contribution in [3.63, 3.8) is 0 Å². The van der Waals surface area contributed by atoms with E-state index in [1.807, 2.05) is 11.8 Å². The molecule has 1 fully saturated rings. The van der Waals surface area contributed by atoms with Crippen molar-refractivity contribution in [2.75, 3.05) is 26.2 Å². The molecule has 2 aromatic heterocycles. The van der Waals surface area contributed by atoms with E-state index in [9.17, 15) is 4.79 Å². The Labute approximate surface area is 170 Å². The topological polar surface area (TPSA) is 75.6 Å². The number of amides is 1. The maximum atomic E-state index is 12.4. The molecule has 1 aliphatic rings. The van der Waals surface area contributed by atoms with Crippen molar-refractivity contribution in [3.05, 3.63) is 39.7 Å². The first-order chi connectivity index (χ1) is 10.7. The van der Waals surface area contributed by atoms with Crippen LogP contribution in [0, 0.1) is 6.92 Å². The zero-order valence-corrected chi connectivity index (χ0v) is 17.1. The highest BCUT2D eigenvalue weighted by molar-refractivity contribution is 7.09. The van der Waals surface area contributed by atoms with E-state index >= 15 is 0 Å². The second-order valence-electron chi connectivity index (χ2n) is 5.43. The van der Waals surface area contributed by atoms with Gasteiger partial charge in [0, 0.05) is 38.1 Å². The minimum Gasteiger partial charge on any atom is -0.467 e. The lowest BCUT2D eigenvalue weighted by molar-refractivity contribution is 0.0626. The molecule has 1 amide bonds. The molecular weight excluding hydrogens is 407 g/mol. The SMILES string of the molecule is Cc1nc(CN2CCN(C(=O)c3coc(CN)c3)CC2)cs1.Cl.Cl.Cl. The maximum absolute atomic E-state index is 12.4. The molecule has 142 valence electrons. The summed E-state index contributed by atoms with van der Waals surface area (Å²) in [5.74, 6) is 0.661. The Kier molecular flexibility index (Phi) is 10.6. The molecule has 6 nitrogen and oxygen atoms in total. The van der Waals surface area contributed by atoms with Crippen LogP contribution in [0.2, 0.25) is 0 Å². The van der Waals surface area contributed by atoms with Crippen LogP contribution in [-0.2, 0) is 13.1 Å². The summed E-state index contributed by atoms with van der Waals surface area (Å²) in [6.45, 7) is 6.37. The maximum Gasteiger partial charge on any atom is 0.257 e. The van der Waals surface area contributed by atoms with E-state index in [2.05, 4.69) is 15.3 Å². The molecule has 0 unspecified atom stereocenters. The van der Waals surface area contributed by atoms with E-state index in [1.165, 1.54) is 6.26 Å². The van der Waals surface area contributed by atoms with Gasteiger partial charge in [0.25, 0.3) is 5.91 Å².